The standard InChI is InChI=1S/C13H21NO2/c1-5-11(14)10(3)16-12-7-6-9(2)8-13(12)15-4/h6-8,10-11H,5,14H2,1-4H3. The van der Waals surface area contributed by atoms with Gasteiger partial charge in [-0.3, -0.25) is 0 Å². The molecule has 16 heavy (non-hydrogen) atoms. The summed E-state index contributed by atoms with van der Waals surface area (Å²) in [5.74, 6) is 1.51. The van der Waals surface area contributed by atoms with Crippen molar-refractivity contribution in [2.24, 2.45) is 5.73 Å². The lowest BCUT2D eigenvalue weighted by Crippen LogP contribution is -2.35. The third-order valence-corrected chi connectivity index (χ3v) is 2.71. The first-order valence-corrected chi connectivity index (χ1v) is 5.65. The lowest BCUT2D eigenvalue weighted by Gasteiger charge is -2.21. The predicted octanol–water partition coefficient (Wildman–Crippen LogP) is 2.51. The summed E-state index contributed by atoms with van der Waals surface area (Å²) in [7, 11) is 1.64. The van der Waals surface area contributed by atoms with Gasteiger partial charge < -0.3 is 15.2 Å². The minimum atomic E-state index is -0.0124. The van der Waals surface area contributed by atoms with Crippen LogP contribution in [0.3, 0.4) is 0 Å². The van der Waals surface area contributed by atoms with Gasteiger partial charge in [-0.1, -0.05) is 13.0 Å². The smallest absolute Gasteiger partial charge is 0.161 e. The fourth-order valence-corrected chi connectivity index (χ4v) is 1.49. The molecule has 2 unspecified atom stereocenters. The molecule has 90 valence electrons. The van der Waals surface area contributed by atoms with E-state index >= 15 is 0 Å². The maximum atomic E-state index is 5.92. The van der Waals surface area contributed by atoms with Gasteiger partial charge >= 0.3 is 0 Å². The summed E-state index contributed by atoms with van der Waals surface area (Å²) in [5.41, 5.74) is 7.07. The van der Waals surface area contributed by atoms with Crippen molar-refractivity contribution in [2.75, 3.05) is 7.11 Å². The number of nitrogens with two attached hydrogens (primary N) is 1. The Balaban J connectivity index is 2.80. The Bertz CT molecular complexity index is 339. The van der Waals surface area contributed by atoms with E-state index in [4.69, 9.17) is 15.2 Å². The van der Waals surface area contributed by atoms with Crippen molar-refractivity contribution in [1.82, 2.24) is 0 Å². The average Bonchev–Trinajstić information content (AvgIpc) is 2.30. The van der Waals surface area contributed by atoms with E-state index in [1.807, 2.05) is 32.0 Å². The highest BCUT2D eigenvalue weighted by molar-refractivity contribution is 5.42. The van der Waals surface area contributed by atoms with Crippen molar-refractivity contribution >= 4 is 0 Å². The van der Waals surface area contributed by atoms with Crippen LogP contribution in [0, 0.1) is 6.92 Å². The normalized spacial score (nSPS) is 14.3. The van der Waals surface area contributed by atoms with Gasteiger partial charge in [0.05, 0.1) is 7.11 Å². The molecule has 0 aliphatic heterocycles. The predicted molar refractivity (Wildman–Crippen MR) is 66.1 cm³/mol. The van der Waals surface area contributed by atoms with Gasteiger partial charge in [-0.05, 0) is 38.0 Å². The zero-order valence-electron chi connectivity index (χ0n) is 10.5. The van der Waals surface area contributed by atoms with Crippen molar-refractivity contribution in [1.29, 1.82) is 0 Å². The first-order chi connectivity index (χ1) is 7.58. The monoisotopic (exact) mass is 223 g/mol. The van der Waals surface area contributed by atoms with Gasteiger partial charge in [0, 0.05) is 6.04 Å². The van der Waals surface area contributed by atoms with Gasteiger partial charge in [0.2, 0.25) is 0 Å². The lowest BCUT2D eigenvalue weighted by molar-refractivity contribution is 0.180. The first-order valence-electron chi connectivity index (χ1n) is 5.65. The molecular formula is C13H21NO2. The van der Waals surface area contributed by atoms with Gasteiger partial charge in [0.25, 0.3) is 0 Å². The third kappa shape index (κ3) is 3.14. The van der Waals surface area contributed by atoms with E-state index in [0.29, 0.717) is 0 Å². The van der Waals surface area contributed by atoms with E-state index in [1.54, 1.807) is 7.11 Å². The van der Waals surface area contributed by atoms with E-state index in [9.17, 15) is 0 Å². The number of hydrogen-bond acceptors (Lipinski definition) is 3. The SMILES string of the molecule is CCC(N)C(C)Oc1ccc(C)cc1OC. The molecule has 2 atom stereocenters. The number of hydrogen-bond donors (Lipinski definition) is 1. The second-order valence-corrected chi connectivity index (χ2v) is 4.05. The zero-order valence-corrected chi connectivity index (χ0v) is 10.5. The molecule has 3 nitrogen and oxygen atoms in total. The van der Waals surface area contributed by atoms with E-state index in [2.05, 4.69) is 6.92 Å². The molecule has 2 N–H and O–H groups in total. The molecule has 0 aromatic heterocycles. The fraction of sp³-hybridized carbons (Fsp3) is 0.538. The number of methoxy groups -OCH3 is 1. The molecule has 0 saturated heterocycles. The Kier molecular flexibility index (Phi) is 4.62. The second kappa shape index (κ2) is 5.75. The minimum Gasteiger partial charge on any atom is -0.493 e. The van der Waals surface area contributed by atoms with E-state index < -0.39 is 0 Å². The highest BCUT2D eigenvalue weighted by atomic mass is 16.5. The summed E-state index contributed by atoms with van der Waals surface area (Å²) in [6, 6.07) is 5.93. The largest absolute Gasteiger partial charge is 0.493 e. The van der Waals surface area contributed by atoms with Gasteiger partial charge in [-0.15, -0.1) is 0 Å². The Labute approximate surface area is 97.6 Å². The highest BCUT2D eigenvalue weighted by Gasteiger charge is 2.14. The van der Waals surface area contributed by atoms with Crippen LogP contribution < -0.4 is 15.2 Å². The van der Waals surface area contributed by atoms with Crippen LogP contribution in [0.1, 0.15) is 25.8 Å². The van der Waals surface area contributed by atoms with Crippen LogP contribution in [0.2, 0.25) is 0 Å². The van der Waals surface area contributed by atoms with Gasteiger partial charge in [0.1, 0.15) is 6.10 Å². The Morgan fingerprint density at radius 2 is 2.00 bits per heavy atom. The summed E-state index contributed by atoms with van der Waals surface area (Å²) in [5, 5.41) is 0. The molecule has 0 aliphatic rings. The fourth-order valence-electron chi connectivity index (χ4n) is 1.49. The van der Waals surface area contributed by atoms with Crippen LogP contribution >= 0.6 is 0 Å². The number of ether oxygens (including phenoxy) is 2. The number of rotatable bonds is 5. The summed E-state index contributed by atoms with van der Waals surface area (Å²) in [4.78, 5) is 0. The van der Waals surface area contributed by atoms with Crippen molar-refractivity contribution in [3.05, 3.63) is 23.8 Å². The summed E-state index contributed by atoms with van der Waals surface area (Å²) in [6.45, 7) is 6.05. The molecule has 0 heterocycles. The maximum absolute atomic E-state index is 5.92. The Morgan fingerprint density at radius 3 is 2.56 bits per heavy atom. The van der Waals surface area contributed by atoms with Crippen molar-refractivity contribution in [2.45, 2.75) is 39.3 Å². The molecule has 0 saturated carbocycles. The molecule has 0 radical (unpaired) electrons. The summed E-state index contributed by atoms with van der Waals surface area (Å²) in [6.07, 6.45) is 0.886. The second-order valence-electron chi connectivity index (χ2n) is 4.05. The molecule has 0 bridgehead atoms. The number of benzene rings is 1. The van der Waals surface area contributed by atoms with Crippen LogP contribution in [0.4, 0.5) is 0 Å². The maximum Gasteiger partial charge on any atom is 0.161 e. The summed E-state index contributed by atoms with van der Waals surface area (Å²) >= 11 is 0. The quantitative estimate of drug-likeness (QED) is 0.834. The molecule has 1 aromatic carbocycles. The van der Waals surface area contributed by atoms with E-state index in [1.165, 1.54) is 0 Å². The van der Waals surface area contributed by atoms with Crippen molar-refractivity contribution in [3.63, 3.8) is 0 Å². The molecule has 0 amide bonds. The van der Waals surface area contributed by atoms with Gasteiger partial charge in [0.15, 0.2) is 11.5 Å². The van der Waals surface area contributed by atoms with Crippen LogP contribution in [0.25, 0.3) is 0 Å². The summed E-state index contributed by atoms with van der Waals surface area (Å²) < 4.78 is 11.1. The minimum absolute atomic E-state index is 0.0124. The first kappa shape index (κ1) is 12.8. The average molecular weight is 223 g/mol. The van der Waals surface area contributed by atoms with Gasteiger partial charge in [-0.2, -0.15) is 0 Å². The van der Waals surface area contributed by atoms with Crippen molar-refractivity contribution in [3.8, 4) is 11.5 Å². The van der Waals surface area contributed by atoms with Gasteiger partial charge in [-0.25, -0.2) is 0 Å². The van der Waals surface area contributed by atoms with Crippen LogP contribution in [-0.4, -0.2) is 19.3 Å². The molecule has 1 aromatic rings. The zero-order chi connectivity index (χ0) is 12.1. The third-order valence-electron chi connectivity index (χ3n) is 2.71. The van der Waals surface area contributed by atoms with E-state index in [0.717, 1.165) is 23.5 Å². The molecule has 0 aliphatic carbocycles. The lowest BCUT2D eigenvalue weighted by atomic mass is 10.1. The molecule has 0 spiro atoms. The van der Waals surface area contributed by atoms with Crippen molar-refractivity contribution < 1.29 is 9.47 Å². The molecule has 0 fully saturated rings. The van der Waals surface area contributed by atoms with Crippen LogP contribution in [0.15, 0.2) is 18.2 Å². The van der Waals surface area contributed by atoms with E-state index in [-0.39, 0.29) is 12.1 Å². The molecular weight excluding hydrogens is 202 g/mol. The van der Waals surface area contributed by atoms with Crippen LogP contribution in [-0.2, 0) is 0 Å². The Morgan fingerprint density at radius 1 is 1.31 bits per heavy atom. The topological polar surface area (TPSA) is 44.5 Å². The molecule has 1 rings (SSSR count). The molecule has 3 heteroatoms. The highest BCUT2D eigenvalue weighted by Crippen LogP contribution is 2.29. The van der Waals surface area contributed by atoms with Crippen LogP contribution in [0.5, 0.6) is 11.5 Å². The number of aryl methyl sites for hydroxylation is 1. The Hall–Kier alpha value is -1.22.